The van der Waals surface area contributed by atoms with Gasteiger partial charge in [-0.2, -0.15) is 0 Å². The van der Waals surface area contributed by atoms with Crippen molar-refractivity contribution in [1.29, 1.82) is 0 Å². The molecule has 0 aromatic heterocycles. The molecule has 1 heterocycles. The zero-order chi connectivity index (χ0) is 25.8. The first-order valence-electron chi connectivity index (χ1n) is 11.4. The van der Waals surface area contributed by atoms with E-state index < -0.39 is 22.9 Å². The van der Waals surface area contributed by atoms with Gasteiger partial charge in [-0.05, 0) is 60.0 Å². The molecule has 3 aromatic rings. The Morgan fingerprint density at radius 1 is 1.06 bits per heavy atom. The van der Waals surface area contributed by atoms with Gasteiger partial charge in [-0.15, -0.1) is 0 Å². The van der Waals surface area contributed by atoms with E-state index in [-0.39, 0.29) is 24.1 Å². The number of nitrogens with one attached hydrogen (secondary N) is 1. The van der Waals surface area contributed by atoms with Gasteiger partial charge in [-0.3, -0.25) is 13.9 Å². The number of carbonyl (C=O) groups excluding carboxylic acids is 1. The average Bonchev–Trinajstić information content (AvgIpc) is 2.86. The van der Waals surface area contributed by atoms with Crippen LogP contribution in [0.1, 0.15) is 34.0 Å². The molecule has 1 aliphatic heterocycles. The molecule has 1 aliphatic rings. The average molecular weight is 511 g/mol. The minimum absolute atomic E-state index is 0.159. The fourth-order valence-electron chi connectivity index (χ4n) is 4.40. The van der Waals surface area contributed by atoms with Crippen molar-refractivity contribution in [3.8, 4) is 0 Å². The molecule has 1 amide bonds. The number of benzene rings is 3. The molecule has 1 N–H and O–H groups in total. The Labute approximate surface area is 211 Å². The highest BCUT2D eigenvalue weighted by Crippen LogP contribution is 2.27. The van der Waals surface area contributed by atoms with Crippen LogP contribution in [0.25, 0.3) is 5.57 Å². The number of hydrogen-bond donors (Lipinski definition) is 1. The standard InChI is InChI=1S/C27H27F2N3O3S/c1-18-16-31(12-13-32(18)27(33)21-8-10-24(11-9-21)30-36(34)35)17-23-14-22(15-25(28)26(23)29)19(2)20-6-4-3-5-7-20/h3-11,14-15,18,30H,2,12-13,16-17H2,1H3,(H,34,35)/p-1. The van der Waals surface area contributed by atoms with Crippen molar-refractivity contribution in [2.75, 3.05) is 24.4 Å². The third kappa shape index (κ3) is 5.87. The van der Waals surface area contributed by atoms with Gasteiger partial charge in [0.05, 0.1) is 0 Å². The molecule has 188 valence electrons. The van der Waals surface area contributed by atoms with Gasteiger partial charge in [0.1, 0.15) is 0 Å². The second-order valence-electron chi connectivity index (χ2n) is 8.77. The van der Waals surface area contributed by atoms with E-state index in [1.807, 2.05) is 42.2 Å². The van der Waals surface area contributed by atoms with Crippen LogP contribution in [0.4, 0.5) is 14.5 Å². The molecule has 1 saturated heterocycles. The Balaban J connectivity index is 1.44. The van der Waals surface area contributed by atoms with E-state index in [0.717, 1.165) is 5.56 Å². The zero-order valence-electron chi connectivity index (χ0n) is 19.7. The van der Waals surface area contributed by atoms with Crippen molar-refractivity contribution in [3.05, 3.63) is 107 Å². The maximum Gasteiger partial charge on any atom is 0.254 e. The van der Waals surface area contributed by atoms with Crippen LogP contribution >= 0.6 is 0 Å². The van der Waals surface area contributed by atoms with Crippen LogP contribution in [-0.4, -0.2) is 50.1 Å². The van der Waals surface area contributed by atoms with Gasteiger partial charge in [0.2, 0.25) is 0 Å². The van der Waals surface area contributed by atoms with Gasteiger partial charge in [-0.25, -0.2) is 8.78 Å². The fraction of sp³-hybridized carbons (Fsp3) is 0.222. The van der Waals surface area contributed by atoms with Crippen LogP contribution in [0, 0.1) is 11.6 Å². The molecule has 9 heteroatoms. The second-order valence-corrected chi connectivity index (χ2v) is 9.45. The summed E-state index contributed by atoms with van der Waals surface area (Å²) in [5.74, 6) is -1.96. The Hall–Kier alpha value is -3.40. The minimum atomic E-state index is -2.44. The van der Waals surface area contributed by atoms with E-state index in [1.54, 1.807) is 23.1 Å². The number of nitrogens with zero attached hydrogens (tertiary/aromatic N) is 2. The van der Waals surface area contributed by atoms with Crippen LogP contribution in [0.3, 0.4) is 0 Å². The smallest absolute Gasteiger partial charge is 0.254 e. The lowest BCUT2D eigenvalue weighted by Crippen LogP contribution is -2.53. The SMILES string of the molecule is C=C(c1ccccc1)c1cc(F)c(F)c(CN2CCN(C(=O)c3ccc(NS(=O)[O-])cc3)C(C)C2)c1. The van der Waals surface area contributed by atoms with Crippen LogP contribution in [0.2, 0.25) is 0 Å². The summed E-state index contributed by atoms with van der Waals surface area (Å²) in [6.45, 7) is 7.59. The van der Waals surface area contributed by atoms with Crippen LogP contribution in [0.15, 0.2) is 73.3 Å². The van der Waals surface area contributed by atoms with E-state index in [1.165, 1.54) is 18.2 Å². The third-order valence-corrected chi connectivity index (χ3v) is 6.68. The molecule has 36 heavy (non-hydrogen) atoms. The van der Waals surface area contributed by atoms with Crippen molar-refractivity contribution < 1.29 is 22.3 Å². The number of anilines is 1. The molecule has 0 spiro atoms. The molecule has 0 bridgehead atoms. The summed E-state index contributed by atoms with van der Waals surface area (Å²) in [6, 6.07) is 18.2. The lowest BCUT2D eigenvalue weighted by atomic mass is 9.97. The van der Waals surface area contributed by atoms with Crippen molar-refractivity contribution in [2.45, 2.75) is 19.5 Å². The number of rotatable bonds is 7. The van der Waals surface area contributed by atoms with Gasteiger partial charge in [0, 0.05) is 60.3 Å². The lowest BCUT2D eigenvalue weighted by Gasteiger charge is -2.40. The number of carbonyl (C=O) groups is 1. The third-order valence-electron chi connectivity index (χ3n) is 6.27. The highest BCUT2D eigenvalue weighted by atomic mass is 32.2. The van der Waals surface area contributed by atoms with Crippen molar-refractivity contribution in [2.24, 2.45) is 0 Å². The van der Waals surface area contributed by atoms with Crippen LogP contribution in [-0.2, 0) is 17.8 Å². The van der Waals surface area contributed by atoms with Crippen LogP contribution in [0.5, 0.6) is 0 Å². The van der Waals surface area contributed by atoms with E-state index in [9.17, 15) is 22.3 Å². The fourth-order valence-corrected chi connectivity index (χ4v) is 4.73. The molecule has 0 aliphatic carbocycles. The highest BCUT2D eigenvalue weighted by molar-refractivity contribution is 7.80. The van der Waals surface area contributed by atoms with E-state index in [0.29, 0.717) is 42.0 Å². The maximum atomic E-state index is 14.7. The minimum Gasteiger partial charge on any atom is -0.755 e. The van der Waals surface area contributed by atoms with Gasteiger partial charge in [0.25, 0.3) is 5.91 Å². The Morgan fingerprint density at radius 2 is 1.75 bits per heavy atom. The van der Waals surface area contributed by atoms with E-state index >= 15 is 0 Å². The quantitative estimate of drug-likeness (QED) is 0.472. The predicted molar refractivity (Wildman–Crippen MR) is 136 cm³/mol. The second kappa shape index (κ2) is 11.1. The first kappa shape index (κ1) is 25.7. The summed E-state index contributed by atoms with van der Waals surface area (Å²) < 4.78 is 52.9. The Bertz CT molecular complexity index is 1290. The van der Waals surface area contributed by atoms with Gasteiger partial charge >= 0.3 is 0 Å². The molecular weight excluding hydrogens is 484 g/mol. The lowest BCUT2D eigenvalue weighted by molar-refractivity contribution is 0.0473. The normalized spacial score (nSPS) is 17.0. The number of hydrogen-bond acceptors (Lipinski definition) is 4. The summed E-state index contributed by atoms with van der Waals surface area (Å²) >= 11 is -2.44. The molecule has 3 aromatic carbocycles. The first-order chi connectivity index (χ1) is 17.2. The summed E-state index contributed by atoms with van der Waals surface area (Å²) in [5.41, 5.74) is 3.02. The van der Waals surface area contributed by atoms with Gasteiger partial charge in [-0.1, -0.05) is 36.9 Å². The molecule has 0 radical (unpaired) electrons. The van der Waals surface area contributed by atoms with Crippen molar-refractivity contribution in [3.63, 3.8) is 0 Å². The first-order valence-corrected chi connectivity index (χ1v) is 12.5. The zero-order valence-corrected chi connectivity index (χ0v) is 20.6. The van der Waals surface area contributed by atoms with Gasteiger partial charge < -0.3 is 14.2 Å². The van der Waals surface area contributed by atoms with Crippen molar-refractivity contribution >= 4 is 28.4 Å². The largest absolute Gasteiger partial charge is 0.755 e. The molecule has 2 unspecified atom stereocenters. The van der Waals surface area contributed by atoms with Crippen molar-refractivity contribution in [1.82, 2.24) is 9.80 Å². The van der Waals surface area contributed by atoms with E-state index in [2.05, 4.69) is 11.3 Å². The maximum absolute atomic E-state index is 14.7. The molecule has 4 rings (SSSR count). The highest BCUT2D eigenvalue weighted by Gasteiger charge is 2.29. The summed E-state index contributed by atoms with van der Waals surface area (Å²) in [6.07, 6.45) is 0. The van der Waals surface area contributed by atoms with Crippen LogP contribution < -0.4 is 4.72 Å². The number of halogens is 2. The molecule has 2 atom stereocenters. The monoisotopic (exact) mass is 510 g/mol. The Kier molecular flexibility index (Phi) is 7.93. The molecule has 0 saturated carbocycles. The summed E-state index contributed by atoms with van der Waals surface area (Å²) in [4.78, 5) is 16.7. The Morgan fingerprint density at radius 3 is 2.39 bits per heavy atom. The topological polar surface area (TPSA) is 75.7 Å². The number of amides is 1. The van der Waals surface area contributed by atoms with E-state index in [4.69, 9.17) is 0 Å². The molecule has 1 fully saturated rings. The predicted octanol–water partition coefficient (Wildman–Crippen LogP) is 4.58. The number of piperazine rings is 1. The van der Waals surface area contributed by atoms with Gasteiger partial charge in [0.15, 0.2) is 11.6 Å². The summed E-state index contributed by atoms with van der Waals surface area (Å²) in [5, 5.41) is 0. The molecular formula is C27H26F2N3O3S-. The summed E-state index contributed by atoms with van der Waals surface area (Å²) in [7, 11) is 0. The molecule has 6 nitrogen and oxygen atoms in total.